The van der Waals surface area contributed by atoms with Gasteiger partial charge in [0.05, 0.1) is 0 Å². The third kappa shape index (κ3) is 3.39. The monoisotopic (exact) mass is 256 g/mol. The van der Waals surface area contributed by atoms with E-state index in [1.54, 1.807) is 0 Å². The van der Waals surface area contributed by atoms with E-state index in [1.807, 2.05) is 19.4 Å². The maximum atomic E-state index is 4.16. The summed E-state index contributed by atoms with van der Waals surface area (Å²) >= 11 is 3.43. The number of nitrogens with one attached hydrogen (secondary N) is 1. The molecule has 0 aliphatic carbocycles. The lowest BCUT2D eigenvalue weighted by atomic mass is 9.96. The number of hydrogen-bond donors (Lipinski definition) is 1. The molecule has 0 bridgehead atoms. The van der Waals surface area contributed by atoms with Gasteiger partial charge in [-0.25, -0.2) is 0 Å². The average molecular weight is 257 g/mol. The smallest absolute Gasteiger partial charge is 0.0410 e. The van der Waals surface area contributed by atoms with Crippen molar-refractivity contribution in [2.24, 2.45) is 5.92 Å². The molecular weight excluding hydrogens is 240 g/mol. The van der Waals surface area contributed by atoms with E-state index in [1.165, 1.54) is 5.56 Å². The molecule has 0 aromatic carbocycles. The second-order valence-electron chi connectivity index (χ2n) is 3.77. The number of nitrogens with zero attached hydrogens (tertiary/aromatic N) is 1. The molecule has 0 saturated carbocycles. The van der Waals surface area contributed by atoms with Crippen LogP contribution in [0.1, 0.15) is 19.4 Å². The molecule has 0 spiro atoms. The summed E-state index contributed by atoms with van der Waals surface area (Å²) in [6.07, 6.45) is 4.81. The Morgan fingerprint density at radius 1 is 1.43 bits per heavy atom. The molecule has 1 N–H and O–H groups in total. The van der Waals surface area contributed by atoms with Crippen LogP contribution in [-0.4, -0.2) is 18.1 Å². The van der Waals surface area contributed by atoms with Crippen molar-refractivity contribution in [2.45, 2.75) is 26.3 Å². The molecule has 3 heteroatoms. The van der Waals surface area contributed by atoms with Crippen LogP contribution in [0.2, 0.25) is 0 Å². The SMILES string of the molecule is CNC(C)C(C)Cc1cncc(Br)c1. The third-order valence-electron chi connectivity index (χ3n) is 2.63. The number of halogens is 1. The van der Waals surface area contributed by atoms with Crippen molar-refractivity contribution < 1.29 is 0 Å². The van der Waals surface area contributed by atoms with Gasteiger partial charge in [-0.05, 0) is 53.9 Å². The maximum absolute atomic E-state index is 4.16. The zero-order valence-electron chi connectivity index (χ0n) is 8.92. The minimum absolute atomic E-state index is 0.536. The summed E-state index contributed by atoms with van der Waals surface area (Å²) in [6, 6.07) is 2.67. The Morgan fingerprint density at radius 3 is 2.71 bits per heavy atom. The van der Waals surface area contributed by atoms with Crippen molar-refractivity contribution in [2.75, 3.05) is 7.05 Å². The quantitative estimate of drug-likeness (QED) is 0.896. The molecule has 0 fully saturated rings. The molecule has 78 valence electrons. The average Bonchev–Trinajstić information content (AvgIpc) is 2.16. The van der Waals surface area contributed by atoms with Crippen molar-refractivity contribution in [1.29, 1.82) is 0 Å². The van der Waals surface area contributed by atoms with Crippen LogP contribution < -0.4 is 5.32 Å². The minimum Gasteiger partial charge on any atom is -0.317 e. The molecule has 14 heavy (non-hydrogen) atoms. The molecule has 2 nitrogen and oxygen atoms in total. The Balaban J connectivity index is 2.60. The second-order valence-corrected chi connectivity index (χ2v) is 4.69. The molecule has 2 atom stereocenters. The fourth-order valence-corrected chi connectivity index (χ4v) is 1.81. The molecule has 1 heterocycles. The van der Waals surface area contributed by atoms with E-state index >= 15 is 0 Å². The predicted molar refractivity (Wildman–Crippen MR) is 63.3 cm³/mol. The van der Waals surface area contributed by atoms with Crippen molar-refractivity contribution in [3.05, 3.63) is 28.5 Å². The summed E-state index contributed by atoms with van der Waals surface area (Å²) in [7, 11) is 2.00. The van der Waals surface area contributed by atoms with Gasteiger partial charge in [-0.1, -0.05) is 6.92 Å². The lowest BCUT2D eigenvalue weighted by Gasteiger charge is -2.18. The van der Waals surface area contributed by atoms with Gasteiger partial charge in [0.15, 0.2) is 0 Å². The van der Waals surface area contributed by atoms with E-state index < -0.39 is 0 Å². The van der Waals surface area contributed by atoms with Crippen molar-refractivity contribution >= 4 is 15.9 Å². The third-order valence-corrected chi connectivity index (χ3v) is 3.06. The summed E-state index contributed by atoms with van der Waals surface area (Å²) in [4.78, 5) is 4.16. The highest BCUT2D eigenvalue weighted by Crippen LogP contribution is 2.15. The fraction of sp³-hybridized carbons (Fsp3) is 0.545. The highest BCUT2D eigenvalue weighted by atomic mass is 79.9. The first-order valence-corrected chi connectivity index (χ1v) is 5.69. The first kappa shape index (κ1) is 11.7. The van der Waals surface area contributed by atoms with E-state index in [0.717, 1.165) is 10.9 Å². The Bertz CT molecular complexity index is 288. The molecule has 1 aromatic rings. The predicted octanol–water partition coefficient (Wildman–Crippen LogP) is 2.63. The van der Waals surface area contributed by atoms with Gasteiger partial charge in [-0.2, -0.15) is 0 Å². The molecule has 0 aliphatic rings. The largest absolute Gasteiger partial charge is 0.317 e. The summed E-state index contributed by atoms with van der Waals surface area (Å²) < 4.78 is 1.05. The molecule has 0 aliphatic heterocycles. The molecule has 2 unspecified atom stereocenters. The van der Waals surface area contributed by atoms with E-state index in [9.17, 15) is 0 Å². The van der Waals surface area contributed by atoms with Crippen LogP contribution in [0.3, 0.4) is 0 Å². The lowest BCUT2D eigenvalue weighted by molar-refractivity contribution is 0.423. The van der Waals surface area contributed by atoms with Gasteiger partial charge >= 0.3 is 0 Å². The van der Waals surface area contributed by atoms with Crippen LogP contribution in [0.5, 0.6) is 0 Å². The normalized spacial score (nSPS) is 15.1. The Hall–Kier alpha value is -0.410. The Labute approximate surface area is 94.3 Å². The lowest BCUT2D eigenvalue weighted by Crippen LogP contribution is -2.29. The Morgan fingerprint density at radius 2 is 2.14 bits per heavy atom. The van der Waals surface area contributed by atoms with E-state index in [2.05, 4.69) is 46.1 Å². The van der Waals surface area contributed by atoms with Crippen LogP contribution in [0.15, 0.2) is 22.9 Å². The first-order chi connectivity index (χ1) is 6.63. The highest BCUT2D eigenvalue weighted by molar-refractivity contribution is 9.10. The summed E-state index contributed by atoms with van der Waals surface area (Å²) in [5.41, 5.74) is 1.29. The number of rotatable bonds is 4. The van der Waals surface area contributed by atoms with E-state index in [-0.39, 0.29) is 0 Å². The molecular formula is C11H17BrN2. The number of aromatic nitrogens is 1. The van der Waals surface area contributed by atoms with Gasteiger partial charge < -0.3 is 5.32 Å². The number of pyridine rings is 1. The summed E-state index contributed by atoms with van der Waals surface area (Å²) in [6.45, 7) is 4.46. The van der Waals surface area contributed by atoms with Gasteiger partial charge in [0.25, 0.3) is 0 Å². The number of hydrogen-bond acceptors (Lipinski definition) is 2. The first-order valence-electron chi connectivity index (χ1n) is 4.90. The Kier molecular flexibility index (Phi) is 4.55. The summed E-state index contributed by atoms with van der Waals surface area (Å²) in [5.74, 6) is 0.621. The van der Waals surface area contributed by atoms with Crippen LogP contribution in [0.4, 0.5) is 0 Å². The molecule has 0 radical (unpaired) electrons. The fourth-order valence-electron chi connectivity index (χ4n) is 1.40. The van der Waals surface area contributed by atoms with Gasteiger partial charge in [0, 0.05) is 22.9 Å². The molecule has 0 saturated heterocycles. The van der Waals surface area contributed by atoms with E-state index in [0.29, 0.717) is 12.0 Å². The van der Waals surface area contributed by atoms with Crippen LogP contribution in [0.25, 0.3) is 0 Å². The van der Waals surface area contributed by atoms with Crippen LogP contribution in [0, 0.1) is 5.92 Å². The van der Waals surface area contributed by atoms with Gasteiger partial charge in [0.2, 0.25) is 0 Å². The highest BCUT2D eigenvalue weighted by Gasteiger charge is 2.10. The van der Waals surface area contributed by atoms with Crippen LogP contribution >= 0.6 is 15.9 Å². The van der Waals surface area contributed by atoms with Crippen molar-refractivity contribution in [3.8, 4) is 0 Å². The van der Waals surface area contributed by atoms with Gasteiger partial charge in [0.1, 0.15) is 0 Å². The van der Waals surface area contributed by atoms with Crippen molar-refractivity contribution in [3.63, 3.8) is 0 Å². The second kappa shape index (κ2) is 5.47. The topological polar surface area (TPSA) is 24.9 Å². The van der Waals surface area contributed by atoms with E-state index in [4.69, 9.17) is 0 Å². The standard InChI is InChI=1S/C11H17BrN2/c1-8(9(2)13-3)4-10-5-11(12)7-14-6-10/h5-9,13H,4H2,1-3H3. The summed E-state index contributed by atoms with van der Waals surface area (Å²) in [5, 5.41) is 3.27. The van der Waals surface area contributed by atoms with Gasteiger partial charge in [-0.15, -0.1) is 0 Å². The van der Waals surface area contributed by atoms with Crippen molar-refractivity contribution in [1.82, 2.24) is 10.3 Å². The van der Waals surface area contributed by atoms with Gasteiger partial charge in [-0.3, -0.25) is 4.98 Å². The maximum Gasteiger partial charge on any atom is 0.0410 e. The van der Waals surface area contributed by atoms with Crippen LogP contribution in [-0.2, 0) is 6.42 Å². The molecule has 0 amide bonds. The minimum atomic E-state index is 0.536. The molecule has 1 rings (SSSR count). The zero-order chi connectivity index (χ0) is 10.6. The molecule has 1 aromatic heterocycles. The zero-order valence-corrected chi connectivity index (χ0v) is 10.5.